The van der Waals surface area contributed by atoms with Gasteiger partial charge in [-0.3, -0.25) is 14.6 Å². The maximum atomic E-state index is 11.7. The molecule has 22 heavy (non-hydrogen) atoms. The first-order valence-electron chi connectivity index (χ1n) is 8.59. The fourth-order valence-corrected chi connectivity index (χ4v) is 3.95. The molecule has 0 bridgehead atoms. The molecule has 0 N–H and O–H groups in total. The first kappa shape index (κ1) is 15.7. The van der Waals surface area contributed by atoms with Crippen molar-refractivity contribution in [2.75, 3.05) is 19.6 Å². The van der Waals surface area contributed by atoms with Gasteiger partial charge in [-0.1, -0.05) is 30.3 Å². The van der Waals surface area contributed by atoms with Gasteiger partial charge in [0.1, 0.15) is 5.78 Å². The summed E-state index contributed by atoms with van der Waals surface area (Å²) in [6, 6.07) is 11.2. The Kier molecular flexibility index (Phi) is 4.65. The lowest BCUT2D eigenvalue weighted by Crippen LogP contribution is -2.61. The Bertz CT molecular complexity index is 511. The lowest BCUT2D eigenvalue weighted by Gasteiger charge is -2.50. The number of nitrogens with zero attached hydrogens (tertiary/aromatic N) is 2. The second-order valence-corrected chi connectivity index (χ2v) is 7.48. The second kappa shape index (κ2) is 6.51. The van der Waals surface area contributed by atoms with Crippen molar-refractivity contribution in [3.8, 4) is 0 Å². The maximum Gasteiger partial charge on any atom is 0.134 e. The minimum atomic E-state index is 0.161. The van der Waals surface area contributed by atoms with E-state index in [0.29, 0.717) is 11.8 Å². The summed E-state index contributed by atoms with van der Waals surface area (Å²) >= 11 is 0. The van der Waals surface area contributed by atoms with Gasteiger partial charge in [-0.2, -0.15) is 0 Å². The Hall–Kier alpha value is -1.19. The molecule has 0 amide bonds. The van der Waals surface area contributed by atoms with Gasteiger partial charge in [-0.15, -0.1) is 0 Å². The van der Waals surface area contributed by atoms with E-state index in [4.69, 9.17) is 0 Å². The van der Waals surface area contributed by atoms with E-state index >= 15 is 0 Å². The molecule has 1 aliphatic heterocycles. The number of benzene rings is 1. The number of Topliss-reactive ketones (excluding diaryl/α,β-unsaturated/α-hetero) is 1. The molecule has 0 radical (unpaired) electrons. The van der Waals surface area contributed by atoms with Crippen molar-refractivity contribution in [3.05, 3.63) is 35.9 Å². The molecular weight excluding hydrogens is 272 g/mol. The van der Waals surface area contributed by atoms with Crippen molar-refractivity contribution in [1.82, 2.24) is 9.80 Å². The van der Waals surface area contributed by atoms with Gasteiger partial charge in [0.15, 0.2) is 0 Å². The van der Waals surface area contributed by atoms with Crippen LogP contribution in [0.3, 0.4) is 0 Å². The number of ketones is 1. The van der Waals surface area contributed by atoms with Crippen molar-refractivity contribution in [2.45, 2.75) is 57.7 Å². The van der Waals surface area contributed by atoms with Gasteiger partial charge in [0.25, 0.3) is 0 Å². The van der Waals surface area contributed by atoms with E-state index in [2.05, 4.69) is 54.0 Å². The van der Waals surface area contributed by atoms with Crippen LogP contribution in [-0.2, 0) is 11.3 Å². The van der Waals surface area contributed by atoms with Gasteiger partial charge in [-0.05, 0) is 32.3 Å². The Morgan fingerprint density at radius 1 is 1.18 bits per heavy atom. The van der Waals surface area contributed by atoms with Crippen LogP contribution >= 0.6 is 0 Å². The van der Waals surface area contributed by atoms with E-state index in [1.54, 1.807) is 0 Å². The smallest absolute Gasteiger partial charge is 0.134 e. The third kappa shape index (κ3) is 3.58. The number of carbonyl (C=O) groups is 1. The third-order valence-corrected chi connectivity index (χ3v) is 5.29. The molecule has 1 atom stereocenters. The second-order valence-electron chi connectivity index (χ2n) is 7.48. The third-order valence-electron chi connectivity index (χ3n) is 5.29. The molecule has 120 valence electrons. The molecule has 0 aromatic heterocycles. The normalized spacial score (nSPS) is 27.0. The molecule has 1 aromatic rings. The highest BCUT2D eigenvalue weighted by molar-refractivity contribution is 5.79. The first-order valence-corrected chi connectivity index (χ1v) is 8.59. The highest BCUT2D eigenvalue weighted by atomic mass is 16.1. The lowest BCUT2D eigenvalue weighted by molar-refractivity contribution is -0.123. The summed E-state index contributed by atoms with van der Waals surface area (Å²) in [7, 11) is 0. The van der Waals surface area contributed by atoms with E-state index < -0.39 is 0 Å². The van der Waals surface area contributed by atoms with Crippen molar-refractivity contribution in [3.63, 3.8) is 0 Å². The Morgan fingerprint density at radius 3 is 2.64 bits per heavy atom. The quantitative estimate of drug-likeness (QED) is 0.857. The number of hydrogen-bond donors (Lipinski definition) is 0. The predicted octanol–water partition coefficient (Wildman–Crippen LogP) is 3.09. The zero-order valence-corrected chi connectivity index (χ0v) is 13.9. The lowest BCUT2D eigenvalue weighted by atomic mass is 9.90. The summed E-state index contributed by atoms with van der Waals surface area (Å²) in [5.74, 6) is 0.459. The number of hydrogen-bond acceptors (Lipinski definition) is 3. The van der Waals surface area contributed by atoms with Crippen molar-refractivity contribution in [2.24, 2.45) is 0 Å². The standard InChI is InChI=1S/C19H28N2O/c1-19(2)15-20(17-9-6-10-18(22)13-17)11-12-21(19)14-16-7-4-3-5-8-16/h3-5,7-8,17H,6,9-15H2,1-2H3. The molecule has 1 aromatic carbocycles. The van der Waals surface area contributed by atoms with Crippen LogP contribution in [0.5, 0.6) is 0 Å². The maximum absolute atomic E-state index is 11.7. The van der Waals surface area contributed by atoms with Gasteiger partial charge in [0.05, 0.1) is 0 Å². The number of piperazine rings is 1. The van der Waals surface area contributed by atoms with Gasteiger partial charge >= 0.3 is 0 Å². The van der Waals surface area contributed by atoms with Gasteiger partial charge in [0, 0.05) is 50.6 Å². The summed E-state index contributed by atoms with van der Waals surface area (Å²) in [5, 5.41) is 0. The van der Waals surface area contributed by atoms with Crippen LogP contribution in [0.25, 0.3) is 0 Å². The Morgan fingerprint density at radius 2 is 1.95 bits per heavy atom. The van der Waals surface area contributed by atoms with Gasteiger partial charge < -0.3 is 0 Å². The van der Waals surface area contributed by atoms with Gasteiger partial charge in [-0.25, -0.2) is 0 Å². The molecule has 1 heterocycles. The van der Waals surface area contributed by atoms with Crippen molar-refractivity contribution in [1.29, 1.82) is 0 Å². The molecule has 1 saturated carbocycles. The Balaban J connectivity index is 1.63. The molecule has 3 heteroatoms. The van der Waals surface area contributed by atoms with Crippen LogP contribution in [0.4, 0.5) is 0 Å². The molecule has 3 nitrogen and oxygen atoms in total. The molecular formula is C19H28N2O. The largest absolute Gasteiger partial charge is 0.300 e. The minimum Gasteiger partial charge on any atom is -0.300 e. The first-order chi connectivity index (χ1) is 10.5. The summed E-state index contributed by atoms with van der Waals surface area (Å²) in [4.78, 5) is 16.9. The fourth-order valence-electron chi connectivity index (χ4n) is 3.95. The molecule has 3 rings (SSSR count). The topological polar surface area (TPSA) is 23.6 Å². The van der Waals surface area contributed by atoms with Crippen LogP contribution in [0.15, 0.2) is 30.3 Å². The number of carbonyl (C=O) groups excluding carboxylic acids is 1. The molecule has 1 aliphatic carbocycles. The highest BCUT2D eigenvalue weighted by Crippen LogP contribution is 2.28. The van der Waals surface area contributed by atoms with Crippen LogP contribution in [0.1, 0.15) is 45.1 Å². The highest BCUT2D eigenvalue weighted by Gasteiger charge is 2.37. The zero-order chi connectivity index (χ0) is 15.6. The van der Waals surface area contributed by atoms with Crippen LogP contribution in [0, 0.1) is 0 Å². The summed E-state index contributed by atoms with van der Waals surface area (Å²) in [5.41, 5.74) is 1.55. The Labute approximate surface area is 134 Å². The van der Waals surface area contributed by atoms with E-state index in [1.807, 2.05) is 0 Å². The van der Waals surface area contributed by atoms with Crippen LogP contribution in [-0.4, -0.2) is 46.8 Å². The fraction of sp³-hybridized carbons (Fsp3) is 0.632. The average Bonchev–Trinajstić information content (AvgIpc) is 2.50. The van der Waals surface area contributed by atoms with Gasteiger partial charge in [0.2, 0.25) is 0 Å². The van der Waals surface area contributed by atoms with E-state index in [1.165, 1.54) is 12.0 Å². The molecule has 2 fully saturated rings. The van der Waals surface area contributed by atoms with E-state index in [9.17, 15) is 4.79 Å². The zero-order valence-electron chi connectivity index (χ0n) is 13.9. The van der Waals surface area contributed by atoms with E-state index in [0.717, 1.165) is 45.4 Å². The minimum absolute atomic E-state index is 0.161. The summed E-state index contributed by atoms with van der Waals surface area (Å²) in [6.45, 7) is 8.95. The molecule has 0 spiro atoms. The average molecular weight is 300 g/mol. The molecule has 1 saturated heterocycles. The van der Waals surface area contributed by atoms with Crippen LogP contribution < -0.4 is 0 Å². The van der Waals surface area contributed by atoms with Crippen LogP contribution in [0.2, 0.25) is 0 Å². The SMILES string of the molecule is CC1(C)CN(C2CCCC(=O)C2)CCN1Cc1ccccc1. The molecule has 1 unspecified atom stereocenters. The summed E-state index contributed by atoms with van der Waals surface area (Å²) < 4.78 is 0. The monoisotopic (exact) mass is 300 g/mol. The van der Waals surface area contributed by atoms with E-state index in [-0.39, 0.29) is 5.54 Å². The number of rotatable bonds is 3. The summed E-state index contributed by atoms with van der Waals surface area (Å²) in [6.07, 6.45) is 3.84. The van der Waals surface area contributed by atoms with Crippen molar-refractivity contribution < 1.29 is 4.79 Å². The molecule has 2 aliphatic rings. The predicted molar refractivity (Wildman–Crippen MR) is 89.8 cm³/mol. The van der Waals surface area contributed by atoms with Crippen molar-refractivity contribution >= 4 is 5.78 Å².